The SMILES string of the molecule is CC.CC.O=c1ccccn1C[C@@H](O)CN1CCc2ccccc2C1. The second-order valence-electron chi connectivity index (χ2n) is 5.60. The lowest BCUT2D eigenvalue weighted by Gasteiger charge is -2.30. The molecule has 3 rings (SSSR count). The number of fused-ring (bicyclic) bond motifs is 1. The second kappa shape index (κ2) is 11.6. The highest BCUT2D eigenvalue weighted by molar-refractivity contribution is 5.29. The first-order valence-corrected chi connectivity index (χ1v) is 9.35. The van der Waals surface area contributed by atoms with Crippen LogP contribution in [0.4, 0.5) is 0 Å². The number of aliphatic hydroxyl groups is 1. The van der Waals surface area contributed by atoms with Gasteiger partial charge in [-0.3, -0.25) is 9.69 Å². The number of benzene rings is 1. The molecular weight excluding hydrogens is 312 g/mol. The van der Waals surface area contributed by atoms with Gasteiger partial charge in [-0.25, -0.2) is 0 Å². The first-order valence-electron chi connectivity index (χ1n) is 9.35. The van der Waals surface area contributed by atoms with Gasteiger partial charge in [0.25, 0.3) is 5.56 Å². The van der Waals surface area contributed by atoms with Crippen LogP contribution in [0.3, 0.4) is 0 Å². The predicted molar refractivity (Wildman–Crippen MR) is 105 cm³/mol. The molecule has 1 aliphatic rings. The summed E-state index contributed by atoms with van der Waals surface area (Å²) < 4.78 is 1.56. The van der Waals surface area contributed by atoms with Crippen molar-refractivity contribution in [3.8, 4) is 0 Å². The Morgan fingerprint density at radius 3 is 2.28 bits per heavy atom. The fourth-order valence-electron chi connectivity index (χ4n) is 2.90. The summed E-state index contributed by atoms with van der Waals surface area (Å²) in [7, 11) is 0. The van der Waals surface area contributed by atoms with Crippen LogP contribution in [0.1, 0.15) is 38.8 Å². The van der Waals surface area contributed by atoms with E-state index >= 15 is 0 Å². The smallest absolute Gasteiger partial charge is 0.250 e. The normalized spacial score (nSPS) is 14.3. The van der Waals surface area contributed by atoms with E-state index in [-0.39, 0.29) is 5.56 Å². The lowest BCUT2D eigenvalue weighted by Crippen LogP contribution is -2.39. The molecule has 0 saturated carbocycles. The first kappa shape index (κ1) is 21.1. The molecule has 2 aromatic rings. The van der Waals surface area contributed by atoms with Crippen molar-refractivity contribution in [2.45, 2.75) is 53.3 Å². The highest BCUT2D eigenvalue weighted by atomic mass is 16.3. The van der Waals surface area contributed by atoms with E-state index in [2.05, 4.69) is 29.2 Å². The third-order valence-electron chi connectivity index (χ3n) is 3.99. The summed E-state index contributed by atoms with van der Waals surface area (Å²) in [6, 6.07) is 13.5. The van der Waals surface area contributed by atoms with Gasteiger partial charge in [0.2, 0.25) is 0 Å². The Morgan fingerprint density at radius 2 is 1.60 bits per heavy atom. The topological polar surface area (TPSA) is 45.5 Å². The Kier molecular flexibility index (Phi) is 9.81. The van der Waals surface area contributed by atoms with Crippen molar-refractivity contribution < 1.29 is 5.11 Å². The minimum absolute atomic E-state index is 0.0689. The summed E-state index contributed by atoms with van der Waals surface area (Å²) in [5, 5.41) is 10.2. The Hall–Kier alpha value is -1.91. The third kappa shape index (κ3) is 6.48. The van der Waals surface area contributed by atoms with Crippen LogP contribution in [0.15, 0.2) is 53.5 Å². The molecule has 25 heavy (non-hydrogen) atoms. The summed E-state index contributed by atoms with van der Waals surface area (Å²) in [6.45, 7) is 10.8. The average Bonchev–Trinajstić information content (AvgIpc) is 2.67. The average molecular weight is 344 g/mol. The molecule has 138 valence electrons. The maximum Gasteiger partial charge on any atom is 0.250 e. The zero-order chi connectivity index (χ0) is 18.7. The molecular formula is C21H32N2O2. The fraction of sp³-hybridized carbons (Fsp3) is 0.476. The molecule has 1 aliphatic heterocycles. The maximum absolute atomic E-state index is 11.6. The standard InChI is InChI=1S/C17H20N2O2.2C2H6/c20-16(13-19-9-4-3-7-17(19)21)12-18-10-8-14-5-1-2-6-15(14)11-18;2*1-2/h1-7,9,16,20H,8,10-13H2;2*1-2H3/t16-;;/m0../s1. The molecule has 0 saturated heterocycles. The highest BCUT2D eigenvalue weighted by Crippen LogP contribution is 2.18. The number of β-amino-alcohol motifs (C(OH)–C–C–N with tert-alkyl or cyclic N) is 1. The Bertz CT molecular complexity index is 667. The van der Waals surface area contributed by atoms with Crippen LogP contribution in [0.5, 0.6) is 0 Å². The van der Waals surface area contributed by atoms with Crippen LogP contribution in [-0.2, 0) is 19.5 Å². The van der Waals surface area contributed by atoms with Crippen molar-refractivity contribution in [1.82, 2.24) is 9.47 Å². The largest absolute Gasteiger partial charge is 0.390 e. The van der Waals surface area contributed by atoms with Crippen LogP contribution >= 0.6 is 0 Å². The molecule has 1 aromatic heterocycles. The Morgan fingerprint density at radius 1 is 0.960 bits per heavy atom. The molecule has 0 amide bonds. The predicted octanol–water partition coefficient (Wildman–Crippen LogP) is 3.32. The van der Waals surface area contributed by atoms with Gasteiger partial charge < -0.3 is 9.67 Å². The number of pyridine rings is 1. The van der Waals surface area contributed by atoms with Crippen molar-refractivity contribution in [3.63, 3.8) is 0 Å². The van der Waals surface area contributed by atoms with E-state index in [1.165, 1.54) is 17.2 Å². The van der Waals surface area contributed by atoms with E-state index < -0.39 is 6.10 Å². The zero-order valence-electron chi connectivity index (χ0n) is 16.0. The van der Waals surface area contributed by atoms with Gasteiger partial charge in [0.1, 0.15) is 0 Å². The lowest BCUT2D eigenvalue weighted by atomic mass is 10.00. The first-order chi connectivity index (χ1) is 12.2. The molecule has 2 heterocycles. The molecule has 1 aromatic carbocycles. The molecule has 0 bridgehead atoms. The number of aliphatic hydroxyl groups excluding tert-OH is 1. The quantitative estimate of drug-likeness (QED) is 0.925. The third-order valence-corrected chi connectivity index (χ3v) is 3.99. The molecule has 4 nitrogen and oxygen atoms in total. The van der Waals surface area contributed by atoms with Crippen LogP contribution in [0.2, 0.25) is 0 Å². The van der Waals surface area contributed by atoms with E-state index in [0.29, 0.717) is 13.1 Å². The minimum atomic E-state index is -0.532. The highest BCUT2D eigenvalue weighted by Gasteiger charge is 2.18. The minimum Gasteiger partial charge on any atom is -0.390 e. The van der Waals surface area contributed by atoms with E-state index in [1.807, 2.05) is 33.8 Å². The van der Waals surface area contributed by atoms with Crippen molar-refractivity contribution >= 4 is 0 Å². The van der Waals surface area contributed by atoms with E-state index in [9.17, 15) is 9.90 Å². The van der Waals surface area contributed by atoms with Crippen molar-refractivity contribution in [1.29, 1.82) is 0 Å². The summed E-state index contributed by atoms with van der Waals surface area (Å²) in [5.41, 5.74) is 2.68. The van der Waals surface area contributed by atoms with Crippen molar-refractivity contribution in [2.75, 3.05) is 13.1 Å². The van der Waals surface area contributed by atoms with Gasteiger partial charge in [-0.15, -0.1) is 0 Å². The Balaban J connectivity index is 0.000000730. The van der Waals surface area contributed by atoms with Crippen molar-refractivity contribution in [3.05, 3.63) is 70.1 Å². The summed E-state index contributed by atoms with van der Waals surface area (Å²) in [6.07, 6.45) is 2.21. The number of aromatic nitrogens is 1. The van der Waals surface area contributed by atoms with Crippen LogP contribution < -0.4 is 5.56 Å². The van der Waals surface area contributed by atoms with Gasteiger partial charge in [0.05, 0.1) is 12.6 Å². The van der Waals surface area contributed by atoms with Crippen LogP contribution in [0, 0.1) is 0 Å². The lowest BCUT2D eigenvalue weighted by molar-refractivity contribution is 0.0910. The van der Waals surface area contributed by atoms with Crippen LogP contribution in [0.25, 0.3) is 0 Å². The maximum atomic E-state index is 11.6. The van der Waals surface area contributed by atoms with E-state index in [4.69, 9.17) is 0 Å². The molecule has 0 aliphatic carbocycles. The number of nitrogens with zero attached hydrogens (tertiary/aromatic N) is 2. The molecule has 1 atom stereocenters. The number of hydrogen-bond acceptors (Lipinski definition) is 3. The second-order valence-corrected chi connectivity index (χ2v) is 5.60. The van der Waals surface area contributed by atoms with Gasteiger partial charge >= 0.3 is 0 Å². The molecule has 0 spiro atoms. The molecule has 1 N–H and O–H groups in total. The number of hydrogen-bond donors (Lipinski definition) is 1. The van der Waals surface area contributed by atoms with E-state index in [0.717, 1.165) is 19.5 Å². The van der Waals surface area contributed by atoms with Gasteiger partial charge in [0, 0.05) is 31.9 Å². The van der Waals surface area contributed by atoms with Gasteiger partial charge in [-0.05, 0) is 23.6 Å². The number of rotatable bonds is 4. The molecule has 0 unspecified atom stereocenters. The van der Waals surface area contributed by atoms with Gasteiger partial charge in [-0.2, -0.15) is 0 Å². The summed E-state index contributed by atoms with van der Waals surface area (Å²) >= 11 is 0. The molecule has 0 radical (unpaired) electrons. The van der Waals surface area contributed by atoms with Crippen molar-refractivity contribution in [2.24, 2.45) is 0 Å². The summed E-state index contributed by atoms with van der Waals surface area (Å²) in [4.78, 5) is 13.9. The van der Waals surface area contributed by atoms with Crippen LogP contribution in [-0.4, -0.2) is 33.8 Å². The summed E-state index contributed by atoms with van der Waals surface area (Å²) in [5.74, 6) is 0. The zero-order valence-corrected chi connectivity index (χ0v) is 16.0. The Labute approximate surface area is 151 Å². The van der Waals surface area contributed by atoms with Gasteiger partial charge in [-0.1, -0.05) is 58.0 Å². The van der Waals surface area contributed by atoms with E-state index in [1.54, 1.807) is 16.8 Å². The molecule has 0 fully saturated rings. The fourth-order valence-corrected chi connectivity index (χ4v) is 2.90. The molecule has 4 heteroatoms. The monoisotopic (exact) mass is 344 g/mol. The van der Waals surface area contributed by atoms with Gasteiger partial charge in [0.15, 0.2) is 0 Å².